The maximum absolute atomic E-state index is 5.87. The van der Waals surface area contributed by atoms with Crippen LogP contribution in [0.15, 0.2) is 47.1 Å². The van der Waals surface area contributed by atoms with Gasteiger partial charge in [-0.05, 0) is 29.8 Å². The summed E-state index contributed by atoms with van der Waals surface area (Å²) in [6.45, 7) is 6.85. The molecule has 0 spiro atoms. The molecule has 1 N–H and O–H groups in total. The zero-order valence-electron chi connectivity index (χ0n) is 13.4. The summed E-state index contributed by atoms with van der Waals surface area (Å²) in [7, 11) is 0. The Labute approximate surface area is 137 Å². The van der Waals surface area contributed by atoms with Gasteiger partial charge in [0.2, 0.25) is 0 Å². The molecule has 5 heteroatoms. The summed E-state index contributed by atoms with van der Waals surface area (Å²) in [5, 5.41) is 3.37. The maximum Gasteiger partial charge on any atom is 0.119 e. The summed E-state index contributed by atoms with van der Waals surface area (Å²) < 4.78 is 16.5. The molecule has 2 heterocycles. The smallest absolute Gasteiger partial charge is 0.119 e. The van der Waals surface area contributed by atoms with Crippen molar-refractivity contribution < 1.29 is 13.9 Å². The molecule has 124 valence electrons. The zero-order chi connectivity index (χ0) is 15.7. The van der Waals surface area contributed by atoms with Crippen LogP contribution in [0.3, 0.4) is 0 Å². The lowest BCUT2D eigenvalue weighted by Gasteiger charge is -2.26. The first kappa shape index (κ1) is 16.1. The standard InChI is InChI=1S/C18H24N2O3/c1-3-16(14-19-15-18-5-2-9-22-18)13-17(4-1)23-12-8-20-6-10-21-11-7-20/h1-5,9,13,19H,6-8,10-12,14-15H2. The van der Waals surface area contributed by atoms with E-state index in [1.165, 1.54) is 5.56 Å². The van der Waals surface area contributed by atoms with Gasteiger partial charge in [-0.1, -0.05) is 12.1 Å². The van der Waals surface area contributed by atoms with Crippen LogP contribution in [0.25, 0.3) is 0 Å². The van der Waals surface area contributed by atoms with Gasteiger partial charge in [-0.2, -0.15) is 0 Å². The first-order valence-corrected chi connectivity index (χ1v) is 8.15. The fourth-order valence-corrected chi connectivity index (χ4v) is 2.61. The van der Waals surface area contributed by atoms with Crippen LogP contribution in [0.4, 0.5) is 0 Å². The van der Waals surface area contributed by atoms with Gasteiger partial charge >= 0.3 is 0 Å². The summed E-state index contributed by atoms with van der Waals surface area (Å²) in [5.74, 6) is 1.87. The molecule has 0 amide bonds. The van der Waals surface area contributed by atoms with E-state index >= 15 is 0 Å². The minimum absolute atomic E-state index is 0.712. The summed E-state index contributed by atoms with van der Waals surface area (Å²) in [5.41, 5.74) is 1.21. The highest BCUT2D eigenvalue weighted by atomic mass is 16.5. The van der Waals surface area contributed by atoms with E-state index in [1.807, 2.05) is 24.3 Å². The van der Waals surface area contributed by atoms with Crippen LogP contribution in [0.5, 0.6) is 5.75 Å². The summed E-state index contributed by atoms with van der Waals surface area (Å²) in [6.07, 6.45) is 1.69. The molecule has 0 bridgehead atoms. The molecule has 0 atom stereocenters. The summed E-state index contributed by atoms with van der Waals surface area (Å²) in [4.78, 5) is 2.37. The Kier molecular flexibility index (Phi) is 6.09. The third kappa shape index (κ3) is 5.39. The number of hydrogen-bond acceptors (Lipinski definition) is 5. The quantitative estimate of drug-likeness (QED) is 0.809. The van der Waals surface area contributed by atoms with Crippen LogP contribution in [-0.4, -0.2) is 44.4 Å². The van der Waals surface area contributed by atoms with Crippen LogP contribution in [-0.2, 0) is 17.8 Å². The molecule has 1 saturated heterocycles. The molecule has 2 aromatic rings. The van der Waals surface area contributed by atoms with E-state index in [1.54, 1.807) is 6.26 Å². The number of rotatable bonds is 8. The Balaban J connectivity index is 1.39. The van der Waals surface area contributed by atoms with E-state index < -0.39 is 0 Å². The number of nitrogens with one attached hydrogen (secondary N) is 1. The Morgan fingerprint density at radius 2 is 2.00 bits per heavy atom. The van der Waals surface area contributed by atoms with E-state index in [0.717, 1.165) is 57.4 Å². The normalized spacial score (nSPS) is 15.7. The van der Waals surface area contributed by atoms with Crippen molar-refractivity contribution in [1.29, 1.82) is 0 Å². The lowest BCUT2D eigenvalue weighted by atomic mass is 10.2. The molecule has 1 aliphatic heterocycles. The van der Waals surface area contributed by atoms with E-state index in [4.69, 9.17) is 13.9 Å². The lowest BCUT2D eigenvalue weighted by molar-refractivity contribution is 0.0322. The second-order valence-electron chi connectivity index (χ2n) is 5.63. The van der Waals surface area contributed by atoms with Crippen molar-refractivity contribution >= 4 is 0 Å². The van der Waals surface area contributed by atoms with Crippen molar-refractivity contribution in [2.45, 2.75) is 13.1 Å². The van der Waals surface area contributed by atoms with Gasteiger partial charge in [0.1, 0.15) is 18.1 Å². The van der Waals surface area contributed by atoms with Gasteiger partial charge in [0.25, 0.3) is 0 Å². The Bertz CT molecular complexity index is 565. The molecule has 0 radical (unpaired) electrons. The predicted octanol–water partition coefficient (Wildman–Crippen LogP) is 2.28. The van der Waals surface area contributed by atoms with Crippen LogP contribution >= 0.6 is 0 Å². The van der Waals surface area contributed by atoms with Gasteiger partial charge in [0, 0.05) is 26.2 Å². The van der Waals surface area contributed by atoms with Crippen molar-refractivity contribution in [3.8, 4) is 5.75 Å². The van der Waals surface area contributed by atoms with Gasteiger partial charge in [-0.15, -0.1) is 0 Å². The second kappa shape index (κ2) is 8.72. The number of benzene rings is 1. The number of morpholine rings is 1. The highest BCUT2D eigenvalue weighted by Gasteiger charge is 2.09. The predicted molar refractivity (Wildman–Crippen MR) is 88.4 cm³/mol. The molecule has 1 aromatic heterocycles. The first-order valence-electron chi connectivity index (χ1n) is 8.15. The van der Waals surface area contributed by atoms with Gasteiger partial charge in [0.15, 0.2) is 0 Å². The number of ether oxygens (including phenoxy) is 2. The Morgan fingerprint density at radius 3 is 2.83 bits per heavy atom. The van der Waals surface area contributed by atoms with Crippen LogP contribution in [0.2, 0.25) is 0 Å². The molecular weight excluding hydrogens is 292 g/mol. The highest BCUT2D eigenvalue weighted by Crippen LogP contribution is 2.13. The lowest BCUT2D eigenvalue weighted by Crippen LogP contribution is -2.38. The van der Waals surface area contributed by atoms with Gasteiger partial charge < -0.3 is 19.2 Å². The average molecular weight is 316 g/mol. The van der Waals surface area contributed by atoms with Crippen molar-refractivity contribution in [2.24, 2.45) is 0 Å². The minimum atomic E-state index is 0.712. The monoisotopic (exact) mass is 316 g/mol. The Hall–Kier alpha value is -1.82. The van der Waals surface area contributed by atoms with Gasteiger partial charge in [-0.25, -0.2) is 0 Å². The zero-order valence-corrected chi connectivity index (χ0v) is 13.4. The van der Waals surface area contributed by atoms with Crippen LogP contribution < -0.4 is 10.1 Å². The van der Waals surface area contributed by atoms with E-state index in [0.29, 0.717) is 6.61 Å². The fraction of sp³-hybridized carbons (Fsp3) is 0.444. The Morgan fingerprint density at radius 1 is 1.09 bits per heavy atom. The van der Waals surface area contributed by atoms with E-state index in [2.05, 4.69) is 22.3 Å². The molecule has 0 saturated carbocycles. The molecule has 5 nitrogen and oxygen atoms in total. The van der Waals surface area contributed by atoms with Crippen LogP contribution in [0, 0.1) is 0 Å². The van der Waals surface area contributed by atoms with Crippen LogP contribution in [0.1, 0.15) is 11.3 Å². The molecule has 1 fully saturated rings. The average Bonchev–Trinajstić information content (AvgIpc) is 3.10. The molecular formula is C18H24N2O3. The summed E-state index contributed by atoms with van der Waals surface area (Å²) in [6, 6.07) is 12.1. The van der Waals surface area contributed by atoms with Gasteiger partial charge in [0.05, 0.1) is 26.0 Å². The second-order valence-corrected chi connectivity index (χ2v) is 5.63. The van der Waals surface area contributed by atoms with E-state index in [9.17, 15) is 0 Å². The van der Waals surface area contributed by atoms with Crippen molar-refractivity contribution in [3.05, 3.63) is 54.0 Å². The van der Waals surface area contributed by atoms with Crippen molar-refractivity contribution in [1.82, 2.24) is 10.2 Å². The molecule has 23 heavy (non-hydrogen) atoms. The highest BCUT2D eigenvalue weighted by molar-refractivity contribution is 5.28. The molecule has 0 unspecified atom stereocenters. The topological polar surface area (TPSA) is 46.9 Å². The first-order chi connectivity index (χ1) is 11.4. The molecule has 0 aliphatic carbocycles. The largest absolute Gasteiger partial charge is 0.492 e. The number of hydrogen-bond donors (Lipinski definition) is 1. The van der Waals surface area contributed by atoms with Crippen molar-refractivity contribution in [3.63, 3.8) is 0 Å². The molecule has 1 aliphatic rings. The summed E-state index contributed by atoms with van der Waals surface area (Å²) >= 11 is 0. The number of nitrogens with zero attached hydrogens (tertiary/aromatic N) is 1. The molecule has 3 rings (SSSR count). The molecule has 1 aromatic carbocycles. The minimum Gasteiger partial charge on any atom is -0.492 e. The fourth-order valence-electron chi connectivity index (χ4n) is 2.61. The third-order valence-electron chi connectivity index (χ3n) is 3.89. The SMILES string of the molecule is c1cc(CNCc2ccco2)cc(OCCN2CCOCC2)c1. The maximum atomic E-state index is 5.87. The number of furan rings is 1. The van der Waals surface area contributed by atoms with Crippen molar-refractivity contribution in [2.75, 3.05) is 39.5 Å². The van der Waals surface area contributed by atoms with E-state index in [-0.39, 0.29) is 0 Å². The van der Waals surface area contributed by atoms with Gasteiger partial charge in [-0.3, -0.25) is 4.90 Å². The third-order valence-corrected chi connectivity index (χ3v) is 3.89.